The smallest absolute Gasteiger partial charge is 0.294 e. The van der Waals surface area contributed by atoms with E-state index in [0.29, 0.717) is 12.1 Å². The Morgan fingerprint density at radius 3 is 2.67 bits per heavy atom. The second-order valence-electron chi connectivity index (χ2n) is 5.50. The van der Waals surface area contributed by atoms with Crippen LogP contribution in [-0.2, 0) is 6.54 Å². The molecule has 1 aliphatic rings. The molecule has 0 aromatic carbocycles. The lowest BCUT2D eigenvalue weighted by atomic mass is 9.89. The Morgan fingerprint density at radius 2 is 2.00 bits per heavy atom. The van der Waals surface area contributed by atoms with E-state index in [1.165, 1.54) is 12.8 Å². The van der Waals surface area contributed by atoms with Gasteiger partial charge in [-0.15, -0.1) is 5.10 Å². The first-order valence-corrected chi connectivity index (χ1v) is 7.67. The molecule has 1 aromatic heterocycles. The lowest BCUT2D eigenvalue weighted by molar-refractivity contribution is 0.134. The van der Waals surface area contributed by atoms with Crippen molar-refractivity contribution in [1.82, 2.24) is 15.5 Å². The van der Waals surface area contributed by atoms with E-state index < -0.39 is 0 Å². The van der Waals surface area contributed by atoms with Gasteiger partial charge in [-0.1, -0.05) is 37.2 Å². The van der Waals surface area contributed by atoms with Crippen LogP contribution in [0.1, 0.15) is 51.5 Å². The SMILES string of the molecule is CC1CCC(Oc2nnc(CNC(C)C)s2)CC1. The van der Waals surface area contributed by atoms with Gasteiger partial charge in [0.25, 0.3) is 5.19 Å². The molecule has 102 valence electrons. The lowest BCUT2D eigenvalue weighted by Gasteiger charge is -2.25. The first-order chi connectivity index (χ1) is 8.63. The molecular formula is C13H23N3OS. The molecule has 1 fully saturated rings. The standard InChI is InChI=1S/C13H23N3OS/c1-9(2)14-8-12-15-16-13(18-12)17-11-6-4-10(3)5-7-11/h9-11,14H,4-8H2,1-3H3. The fourth-order valence-corrected chi connectivity index (χ4v) is 2.84. The number of ether oxygens (including phenoxy) is 1. The second kappa shape index (κ2) is 6.48. The van der Waals surface area contributed by atoms with Crippen molar-refractivity contribution in [2.75, 3.05) is 0 Å². The van der Waals surface area contributed by atoms with Gasteiger partial charge in [-0.05, 0) is 31.6 Å². The highest BCUT2D eigenvalue weighted by Gasteiger charge is 2.20. The van der Waals surface area contributed by atoms with Gasteiger partial charge >= 0.3 is 0 Å². The topological polar surface area (TPSA) is 47.0 Å². The summed E-state index contributed by atoms with van der Waals surface area (Å²) in [6, 6.07) is 0.470. The van der Waals surface area contributed by atoms with E-state index in [2.05, 4.69) is 36.3 Å². The Hall–Kier alpha value is -0.680. The third kappa shape index (κ3) is 4.21. The summed E-state index contributed by atoms with van der Waals surface area (Å²) < 4.78 is 5.91. The zero-order valence-corrected chi connectivity index (χ0v) is 12.3. The first kappa shape index (κ1) is 13.7. The van der Waals surface area contributed by atoms with Crippen molar-refractivity contribution >= 4 is 11.3 Å². The Bertz CT molecular complexity index is 359. The molecule has 1 aliphatic carbocycles. The molecule has 1 heterocycles. The molecule has 0 atom stereocenters. The molecule has 0 unspecified atom stereocenters. The van der Waals surface area contributed by atoms with Crippen LogP contribution in [0.25, 0.3) is 0 Å². The van der Waals surface area contributed by atoms with E-state index in [4.69, 9.17) is 4.74 Å². The molecule has 0 saturated heterocycles. The Labute approximate surface area is 113 Å². The third-order valence-corrected chi connectivity index (χ3v) is 4.15. The van der Waals surface area contributed by atoms with Crippen molar-refractivity contribution in [3.05, 3.63) is 5.01 Å². The molecule has 0 radical (unpaired) electrons. The number of nitrogens with one attached hydrogen (secondary N) is 1. The molecule has 1 N–H and O–H groups in total. The predicted molar refractivity (Wildman–Crippen MR) is 73.9 cm³/mol. The maximum Gasteiger partial charge on any atom is 0.294 e. The summed E-state index contributed by atoms with van der Waals surface area (Å²) in [7, 11) is 0. The van der Waals surface area contributed by atoms with E-state index in [0.717, 1.165) is 35.5 Å². The second-order valence-corrected chi connectivity index (χ2v) is 6.52. The fourth-order valence-electron chi connectivity index (χ4n) is 2.14. The van der Waals surface area contributed by atoms with Gasteiger partial charge in [-0.25, -0.2) is 0 Å². The molecule has 5 heteroatoms. The van der Waals surface area contributed by atoms with E-state index in [1.54, 1.807) is 11.3 Å². The highest BCUT2D eigenvalue weighted by Crippen LogP contribution is 2.28. The van der Waals surface area contributed by atoms with Crippen LogP contribution in [0.4, 0.5) is 0 Å². The number of nitrogens with zero attached hydrogens (tertiary/aromatic N) is 2. The summed E-state index contributed by atoms with van der Waals surface area (Å²) in [5.74, 6) is 0.852. The van der Waals surface area contributed by atoms with Crippen LogP contribution in [0.2, 0.25) is 0 Å². The molecule has 1 saturated carbocycles. The summed E-state index contributed by atoms with van der Waals surface area (Å²) in [5.41, 5.74) is 0. The van der Waals surface area contributed by atoms with E-state index in [1.807, 2.05) is 0 Å². The predicted octanol–water partition coefficient (Wildman–Crippen LogP) is 2.99. The van der Waals surface area contributed by atoms with Crippen LogP contribution in [0.5, 0.6) is 5.19 Å². The van der Waals surface area contributed by atoms with Crippen LogP contribution in [0, 0.1) is 5.92 Å². The summed E-state index contributed by atoms with van der Waals surface area (Å²) in [4.78, 5) is 0. The van der Waals surface area contributed by atoms with Crippen molar-refractivity contribution in [1.29, 1.82) is 0 Å². The van der Waals surface area contributed by atoms with E-state index >= 15 is 0 Å². The van der Waals surface area contributed by atoms with Crippen molar-refractivity contribution in [2.45, 2.75) is 65.1 Å². The monoisotopic (exact) mass is 269 g/mol. The zero-order valence-electron chi connectivity index (χ0n) is 11.5. The van der Waals surface area contributed by atoms with Crippen molar-refractivity contribution < 1.29 is 4.74 Å². The van der Waals surface area contributed by atoms with Gasteiger partial charge in [0.15, 0.2) is 0 Å². The summed E-state index contributed by atoms with van der Waals surface area (Å²) in [5, 5.41) is 13.3. The number of rotatable bonds is 5. The minimum atomic E-state index is 0.347. The first-order valence-electron chi connectivity index (χ1n) is 6.86. The molecule has 4 nitrogen and oxygen atoms in total. The molecule has 0 spiro atoms. The Kier molecular flexibility index (Phi) is 4.95. The molecule has 2 rings (SSSR count). The molecule has 0 amide bonds. The maximum absolute atomic E-state index is 5.91. The summed E-state index contributed by atoms with van der Waals surface area (Å²) in [6.07, 6.45) is 5.19. The van der Waals surface area contributed by atoms with Crippen molar-refractivity contribution in [3.8, 4) is 5.19 Å². The van der Waals surface area contributed by atoms with Gasteiger partial charge < -0.3 is 10.1 Å². The van der Waals surface area contributed by atoms with Gasteiger partial charge in [0.2, 0.25) is 0 Å². The lowest BCUT2D eigenvalue weighted by Crippen LogP contribution is -2.22. The van der Waals surface area contributed by atoms with Crippen LogP contribution in [0.3, 0.4) is 0 Å². The van der Waals surface area contributed by atoms with Crippen molar-refractivity contribution in [2.24, 2.45) is 5.92 Å². The minimum absolute atomic E-state index is 0.347. The van der Waals surface area contributed by atoms with Crippen LogP contribution in [-0.4, -0.2) is 22.3 Å². The zero-order chi connectivity index (χ0) is 13.0. The molecule has 18 heavy (non-hydrogen) atoms. The molecule has 0 bridgehead atoms. The van der Waals surface area contributed by atoms with Gasteiger partial charge in [-0.3, -0.25) is 0 Å². The molecule has 1 aromatic rings. The van der Waals surface area contributed by atoms with Crippen LogP contribution < -0.4 is 10.1 Å². The van der Waals surface area contributed by atoms with Gasteiger partial charge in [-0.2, -0.15) is 0 Å². The van der Waals surface area contributed by atoms with Gasteiger partial charge in [0.05, 0.1) is 6.54 Å². The summed E-state index contributed by atoms with van der Waals surface area (Å²) in [6.45, 7) is 7.35. The van der Waals surface area contributed by atoms with Gasteiger partial charge in [0, 0.05) is 6.04 Å². The number of hydrogen-bond donors (Lipinski definition) is 1. The largest absolute Gasteiger partial charge is 0.466 e. The quantitative estimate of drug-likeness (QED) is 0.892. The number of hydrogen-bond acceptors (Lipinski definition) is 5. The Balaban J connectivity index is 1.79. The van der Waals surface area contributed by atoms with E-state index in [9.17, 15) is 0 Å². The highest BCUT2D eigenvalue weighted by molar-refractivity contribution is 7.13. The number of aromatic nitrogens is 2. The normalized spacial score (nSPS) is 24.4. The summed E-state index contributed by atoms with van der Waals surface area (Å²) >= 11 is 1.56. The molecular weight excluding hydrogens is 246 g/mol. The van der Waals surface area contributed by atoms with Gasteiger partial charge in [0.1, 0.15) is 11.1 Å². The molecule has 0 aliphatic heterocycles. The van der Waals surface area contributed by atoms with Crippen LogP contribution >= 0.6 is 11.3 Å². The Morgan fingerprint density at radius 1 is 1.28 bits per heavy atom. The van der Waals surface area contributed by atoms with Crippen molar-refractivity contribution in [3.63, 3.8) is 0 Å². The van der Waals surface area contributed by atoms with E-state index in [-0.39, 0.29) is 0 Å². The average Bonchev–Trinajstić information content (AvgIpc) is 2.77. The van der Waals surface area contributed by atoms with Crippen LogP contribution in [0.15, 0.2) is 0 Å². The fraction of sp³-hybridized carbons (Fsp3) is 0.846. The highest BCUT2D eigenvalue weighted by atomic mass is 32.1. The minimum Gasteiger partial charge on any atom is -0.466 e. The maximum atomic E-state index is 5.91. The average molecular weight is 269 g/mol. The third-order valence-electron chi connectivity index (χ3n) is 3.34.